The first kappa shape index (κ1) is 12.6. The lowest BCUT2D eigenvalue weighted by atomic mass is 10.3. The molecule has 0 aliphatic carbocycles. The van der Waals surface area contributed by atoms with E-state index in [9.17, 15) is 9.36 Å². The van der Waals surface area contributed by atoms with Crippen LogP contribution in [-0.4, -0.2) is 16.7 Å². The number of carbonyl (C=O) groups is 1. The zero-order valence-corrected chi connectivity index (χ0v) is 7.35. The molecular formula is C4H11ClNO3P. The molecule has 62 valence electrons. The Balaban J connectivity index is 0. The summed E-state index contributed by atoms with van der Waals surface area (Å²) in [5, 5.41) is 8.29. The molecular weight excluding hydrogens is 176 g/mol. The Labute approximate surface area is 66.0 Å². The quantitative estimate of drug-likeness (QED) is 0.638. The van der Waals surface area contributed by atoms with Crippen molar-refractivity contribution in [2.75, 3.05) is 0 Å². The highest BCUT2D eigenvalue weighted by atomic mass is 35.5. The van der Waals surface area contributed by atoms with Gasteiger partial charge in [-0.1, -0.05) is 6.92 Å². The molecule has 0 bridgehead atoms. The largest absolute Gasteiger partial charge is 0.481 e. The fourth-order valence-corrected chi connectivity index (χ4v) is 1.14. The Morgan fingerprint density at radius 1 is 1.80 bits per heavy atom. The molecule has 0 saturated heterocycles. The first-order valence-electron chi connectivity index (χ1n) is 2.61. The summed E-state index contributed by atoms with van der Waals surface area (Å²) >= 11 is 0. The van der Waals surface area contributed by atoms with Gasteiger partial charge in [0.25, 0.3) is 0 Å². The first-order chi connectivity index (χ1) is 4.09. The van der Waals surface area contributed by atoms with Gasteiger partial charge in [0.2, 0.25) is 0 Å². The third-order valence-electron chi connectivity index (χ3n) is 1.05. The number of carboxylic acid groups (broad SMARTS) is 1. The molecule has 6 heteroatoms. The van der Waals surface area contributed by atoms with Crippen molar-refractivity contribution >= 4 is 26.3 Å². The van der Waals surface area contributed by atoms with E-state index in [2.05, 4.69) is 0 Å². The summed E-state index contributed by atoms with van der Waals surface area (Å²) in [5.41, 5.74) is 4.08. The second-order valence-corrected chi connectivity index (χ2v) is 3.20. The van der Waals surface area contributed by atoms with Gasteiger partial charge in [-0.15, -0.1) is 12.4 Å². The Kier molecular flexibility index (Phi) is 7.21. The molecule has 0 aromatic rings. The van der Waals surface area contributed by atoms with Gasteiger partial charge in [-0.05, 0) is 6.42 Å². The molecule has 3 N–H and O–H groups in total. The molecule has 0 amide bonds. The average molecular weight is 188 g/mol. The maximum atomic E-state index is 10.4. The van der Waals surface area contributed by atoms with E-state index in [4.69, 9.17) is 10.6 Å². The first-order valence-corrected chi connectivity index (χ1v) is 4.18. The van der Waals surface area contributed by atoms with Crippen molar-refractivity contribution < 1.29 is 14.5 Å². The van der Waals surface area contributed by atoms with Crippen LogP contribution in [0.4, 0.5) is 0 Å². The van der Waals surface area contributed by atoms with Crippen molar-refractivity contribution in [3.63, 3.8) is 0 Å². The highest BCUT2D eigenvalue weighted by Crippen LogP contribution is 2.20. The van der Waals surface area contributed by atoms with Crippen LogP contribution >= 0.6 is 20.4 Å². The summed E-state index contributed by atoms with van der Waals surface area (Å²) in [6, 6.07) is 0. The van der Waals surface area contributed by atoms with Gasteiger partial charge in [0, 0.05) is 0 Å². The normalized spacial score (nSPS) is 15.0. The standard InChI is InChI=1S/C4H10NO3P.ClH/c1-2-3(4(6)7)9(5)8;/h3,9H,2H2,1H3,(H2,5,8)(H,6,7);1H. The maximum Gasteiger partial charge on any atom is 0.315 e. The Morgan fingerprint density at radius 2 is 2.20 bits per heavy atom. The van der Waals surface area contributed by atoms with Crippen molar-refractivity contribution in [3.8, 4) is 0 Å². The van der Waals surface area contributed by atoms with Crippen molar-refractivity contribution in [2.24, 2.45) is 5.50 Å². The van der Waals surface area contributed by atoms with E-state index in [0.29, 0.717) is 6.42 Å². The van der Waals surface area contributed by atoms with Crippen LogP contribution < -0.4 is 5.50 Å². The van der Waals surface area contributed by atoms with E-state index in [-0.39, 0.29) is 12.4 Å². The van der Waals surface area contributed by atoms with E-state index in [0.717, 1.165) is 0 Å². The summed E-state index contributed by atoms with van der Waals surface area (Å²) in [5.74, 6) is -1.07. The van der Waals surface area contributed by atoms with Gasteiger partial charge < -0.3 is 9.67 Å². The predicted molar refractivity (Wildman–Crippen MR) is 42.2 cm³/mol. The second-order valence-electron chi connectivity index (χ2n) is 1.70. The van der Waals surface area contributed by atoms with Crippen LogP contribution in [0.2, 0.25) is 0 Å². The van der Waals surface area contributed by atoms with E-state index in [1.54, 1.807) is 6.92 Å². The van der Waals surface area contributed by atoms with Gasteiger partial charge in [0.05, 0.1) is 0 Å². The van der Waals surface area contributed by atoms with Crippen LogP contribution in [0.1, 0.15) is 13.3 Å². The number of carboxylic acids is 1. The molecule has 0 fully saturated rings. The molecule has 0 radical (unpaired) electrons. The minimum absolute atomic E-state index is 0. The van der Waals surface area contributed by atoms with Gasteiger partial charge in [-0.25, -0.2) is 0 Å². The maximum absolute atomic E-state index is 10.4. The lowest BCUT2D eigenvalue weighted by Crippen LogP contribution is -2.16. The topological polar surface area (TPSA) is 80.4 Å². The van der Waals surface area contributed by atoms with E-state index < -0.39 is 19.6 Å². The highest BCUT2D eigenvalue weighted by Gasteiger charge is 2.18. The molecule has 0 rings (SSSR count). The van der Waals surface area contributed by atoms with Crippen LogP contribution in [0.3, 0.4) is 0 Å². The summed E-state index contributed by atoms with van der Waals surface area (Å²) in [6.45, 7) is 1.65. The number of nitrogens with two attached hydrogens (primary N) is 1. The zero-order valence-electron chi connectivity index (χ0n) is 5.53. The fourth-order valence-electron chi connectivity index (χ4n) is 0.498. The monoisotopic (exact) mass is 187 g/mol. The average Bonchev–Trinajstić information content (AvgIpc) is 1.64. The number of halogens is 1. The molecule has 2 unspecified atom stereocenters. The highest BCUT2D eigenvalue weighted by molar-refractivity contribution is 7.44. The minimum Gasteiger partial charge on any atom is -0.481 e. The third-order valence-corrected chi connectivity index (χ3v) is 2.39. The smallest absolute Gasteiger partial charge is 0.315 e. The molecule has 0 spiro atoms. The van der Waals surface area contributed by atoms with E-state index in [1.165, 1.54) is 0 Å². The number of rotatable bonds is 3. The predicted octanol–water partition coefficient (Wildman–Crippen LogP) is 0.705. The zero-order chi connectivity index (χ0) is 7.44. The van der Waals surface area contributed by atoms with Gasteiger partial charge in [0.1, 0.15) is 13.6 Å². The third kappa shape index (κ3) is 3.88. The van der Waals surface area contributed by atoms with E-state index in [1.807, 2.05) is 0 Å². The number of hydrogen-bond donors (Lipinski definition) is 2. The Morgan fingerprint density at radius 3 is 2.20 bits per heavy atom. The van der Waals surface area contributed by atoms with Crippen molar-refractivity contribution in [2.45, 2.75) is 19.0 Å². The summed E-state index contributed by atoms with van der Waals surface area (Å²) in [6.07, 6.45) is 0.337. The summed E-state index contributed by atoms with van der Waals surface area (Å²) < 4.78 is 10.4. The molecule has 0 aliphatic rings. The molecule has 0 aliphatic heterocycles. The van der Waals surface area contributed by atoms with Crippen LogP contribution in [0.5, 0.6) is 0 Å². The van der Waals surface area contributed by atoms with Gasteiger partial charge in [-0.3, -0.25) is 10.3 Å². The second kappa shape index (κ2) is 5.71. The molecule has 4 nitrogen and oxygen atoms in total. The molecule has 0 aromatic heterocycles. The Bertz CT molecular complexity index is 126. The molecule has 2 atom stereocenters. The van der Waals surface area contributed by atoms with Crippen LogP contribution in [0.15, 0.2) is 0 Å². The lowest BCUT2D eigenvalue weighted by Gasteiger charge is -2.03. The van der Waals surface area contributed by atoms with Gasteiger partial charge >= 0.3 is 5.97 Å². The molecule has 0 heterocycles. The summed E-state index contributed by atoms with van der Waals surface area (Å²) in [7, 11) is -2.37. The summed E-state index contributed by atoms with van der Waals surface area (Å²) in [4.78, 5) is 10.1. The van der Waals surface area contributed by atoms with E-state index >= 15 is 0 Å². The van der Waals surface area contributed by atoms with Crippen LogP contribution in [-0.2, 0) is 9.36 Å². The SMILES string of the molecule is CCC(C(=O)O)[PH](N)=O.Cl. The van der Waals surface area contributed by atoms with Crippen LogP contribution in [0.25, 0.3) is 0 Å². The van der Waals surface area contributed by atoms with Crippen molar-refractivity contribution in [1.82, 2.24) is 0 Å². The lowest BCUT2D eigenvalue weighted by molar-refractivity contribution is -0.136. The number of aliphatic carboxylic acids is 1. The van der Waals surface area contributed by atoms with Gasteiger partial charge in [0.15, 0.2) is 0 Å². The van der Waals surface area contributed by atoms with Crippen molar-refractivity contribution in [3.05, 3.63) is 0 Å². The molecule has 10 heavy (non-hydrogen) atoms. The molecule has 0 saturated carbocycles. The minimum atomic E-state index is -2.37. The number of hydrogen-bond acceptors (Lipinski definition) is 2. The fraction of sp³-hybridized carbons (Fsp3) is 0.750. The Hall–Kier alpha value is -0.0500. The molecule has 0 aromatic carbocycles. The van der Waals surface area contributed by atoms with Crippen LogP contribution in [0, 0.1) is 0 Å². The van der Waals surface area contributed by atoms with Crippen molar-refractivity contribution in [1.29, 1.82) is 0 Å². The van der Waals surface area contributed by atoms with Gasteiger partial charge in [-0.2, -0.15) is 0 Å².